The van der Waals surface area contributed by atoms with Gasteiger partial charge in [-0.25, -0.2) is 0 Å². The van der Waals surface area contributed by atoms with Crippen LogP contribution in [0.3, 0.4) is 0 Å². The normalized spacial score (nSPS) is 29.3. The maximum Gasteiger partial charge on any atom is 0.416 e. The number of aromatic hydroxyl groups is 1. The summed E-state index contributed by atoms with van der Waals surface area (Å²) < 4.78 is 40.5. The van der Waals surface area contributed by atoms with Crippen LogP contribution in [0, 0.1) is 12.3 Å². The molecule has 2 N–H and O–H groups in total. The molecule has 8 heteroatoms. The van der Waals surface area contributed by atoms with E-state index < -0.39 is 17.3 Å². The minimum atomic E-state index is -4.39. The number of aromatic nitrogens is 3. The Kier molecular flexibility index (Phi) is 4.59. The van der Waals surface area contributed by atoms with E-state index in [9.17, 15) is 23.4 Å². The van der Waals surface area contributed by atoms with E-state index in [0.29, 0.717) is 37.1 Å². The van der Waals surface area contributed by atoms with Crippen molar-refractivity contribution in [2.24, 2.45) is 5.41 Å². The molecule has 182 valence electrons. The van der Waals surface area contributed by atoms with Gasteiger partial charge < -0.3 is 10.2 Å². The van der Waals surface area contributed by atoms with E-state index in [0.717, 1.165) is 35.3 Å². The van der Waals surface area contributed by atoms with Crippen LogP contribution in [0.1, 0.15) is 59.8 Å². The van der Waals surface area contributed by atoms with Gasteiger partial charge in [0.15, 0.2) is 0 Å². The van der Waals surface area contributed by atoms with Gasteiger partial charge in [-0.3, -0.25) is 4.68 Å². The van der Waals surface area contributed by atoms with Gasteiger partial charge in [0.2, 0.25) is 0 Å². The van der Waals surface area contributed by atoms with Crippen LogP contribution in [0.25, 0.3) is 11.3 Å². The van der Waals surface area contributed by atoms with Gasteiger partial charge in [-0.05, 0) is 84.4 Å². The van der Waals surface area contributed by atoms with Gasteiger partial charge in [0, 0.05) is 11.5 Å². The zero-order valence-electron chi connectivity index (χ0n) is 19.3. The number of aliphatic hydroxyl groups is 1. The number of benzene rings is 2. The summed E-state index contributed by atoms with van der Waals surface area (Å²) in [7, 11) is 0. The van der Waals surface area contributed by atoms with Crippen LogP contribution in [0.5, 0.6) is 5.75 Å². The van der Waals surface area contributed by atoms with Crippen LogP contribution in [0.2, 0.25) is 0 Å². The second kappa shape index (κ2) is 7.20. The predicted molar refractivity (Wildman–Crippen MR) is 124 cm³/mol. The zero-order valence-corrected chi connectivity index (χ0v) is 19.3. The smallest absolute Gasteiger partial charge is 0.416 e. The van der Waals surface area contributed by atoms with Gasteiger partial charge in [0.05, 0.1) is 23.9 Å². The molecular weight excluding hydrogens is 455 g/mol. The SMILES string of the molecule is C=C1C[C@]23C[C@@]1(O)CC[C@H]2c1ccc(O)c(C)c1[C@@H]3Cn1cc(-c2ccc(C(F)(F)F)cc2)nn1. The van der Waals surface area contributed by atoms with Gasteiger partial charge in [-0.1, -0.05) is 30.0 Å². The number of phenolic OH excluding ortho intramolecular Hbond substituents is 1. The summed E-state index contributed by atoms with van der Waals surface area (Å²) in [5, 5.41) is 30.3. The maximum atomic E-state index is 12.9. The third kappa shape index (κ3) is 3.19. The summed E-state index contributed by atoms with van der Waals surface area (Å²) in [6, 6.07) is 8.67. The fourth-order valence-electron chi connectivity index (χ4n) is 7.03. The number of fused-ring (bicyclic) bond motifs is 3. The van der Waals surface area contributed by atoms with E-state index >= 15 is 0 Å². The molecule has 3 aliphatic rings. The Morgan fingerprint density at radius 1 is 1.17 bits per heavy atom. The van der Waals surface area contributed by atoms with Crippen LogP contribution in [0.4, 0.5) is 13.2 Å². The molecule has 1 heterocycles. The molecule has 0 saturated heterocycles. The number of hydrogen-bond donors (Lipinski definition) is 2. The minimum absolute atomic E-state index is 0.0113. The number of halogens is 3. The largest absolute Gasteiger partial charge is 0.508 e. The van der Waals surface area contributed by atoms with Crippen molar-refractivity contribution in [2.45, 2.75) is 62.8 Å². The van der Waals surface area contributed by atoms with E-state index in [4.69, 9.17) is 0 Å². The topological polar surface area (TPSA) is 71.2 Å². The molecule has 0 aliphatic heterocycles. The molecule has 35 heavy (non-hydrogen) atoms. The second-order valence-corrected chi connectivity index (χ2v) is 10.5. The lowest BCUT2D eigenvalue weighted by atomic mass is 9.63. The van der Waals surface area contributed by atoms with Crippen LogP contribution in [-0.2, 0) is 12.7 Å². The molecule has 0 radical (unpaired) electrons. The molecule has 1 spiro atoms. The van der Waals surface area contributed by atoms with Crippen molar-refractivity contribution >= 4 is 0 Å². The second-order valence-electron chi connectivity index (χ2n) is 10.5. The van der Waals surface area contributed by atoms with Crippen LogP contribution < -0.4 is 0 Å². The summed E-state index contributed by atoms with van der Waals surface area (Å²) >= 11 is 0. The first-order valence-electron chi connectivity index (χ1n) is 11.8. The van der Waals surface area contributed by atoms with Gasteiger partial charge in [0.1, 0.15) is 11.4 Å². The Morgan fingerprint density at radius 3 is 2.63 bits per heavy atom. The lowest BCUT2D eigenvalue weighted by molar-refractivity contribution is -0.137. The third-order valence-corrected chi connectivity index (χ3v) is 8.72. The van der Waals surface area contributed by atoms with Gasteiger partial charge in [-0.2, -0.15) is 13.2 Å². The Balaban J connectivity index is 1.37. The van der Waals surface area contributed by atoms with Crippen LogP contribution in [0.15, 0.2) is 54.7 Å². The molecule has 3 aromatic rings. The van der Waals surface area contributed by atoms with Crippen molar-refractivity contribution in [3.05, 3.63) is 77.0 Å². The molecule has 0 amide bonds. The summed E-state index contributed by atoms with van der Waals surface area (Å²) in [5.74, 6) is 0.502. The molecule has 1 aromatic heterocycles. The maximum absolute atomic E-state index is 12.9. The lowest BCUT2D eigenvalue weighted by Crippen LogP contribution is -2.39. The lowest BCUT2D eigenvalue weighted by Gasteiger charge is -2.42. The molecule has 6 rings (SSSR count). The predicted octanol–water partition coefficient (Wildman–Crippen LogP) is 5.72. The number of nitrogens with zero attached hydrogens (tertiary/aromatic N) is 3. The zero-order chi connectivity index (χ0) is 24.8. The number of alkyl halides is 3. The molecule has 2 aromatic carbocycles. The third-order valence-electron chi connectivity index (χ3n) is 8.72. The summed E-state index contributed by atoms with van der Waals surface area (Å²) in [6.07, 6.45) is 0.252. The van der Waals surface area contributed by atoms with Crippen molar-refractivity contribution in [2.75, 3.05) is 0 Å². The van der Waals surface area contributed by atoms with Gasteiger partial charge in [-0.15, -0.1) is 5.10 Å². The molecule has 4 atom stereocenters. The van der Waals surface area contributed by atoms with Crippen LogP contribution in [-0.4, -0.2) is 30.8 Å². The molecule has 2 bridgehead atoms. The van der Waals surface area contributed by atoms with Crippen molar-refractivity contribution in [1.82, 2.24) is 15.0 Å². The van der Waals surface area contributed by atoms with E-state index in [-0.39, 0.29) is 23.0 Å². The van der Waals surface area contributed by atoms with E-state index in [2.05, 4.69) is 16.9 Å². The fraction of sp³-hybridized carbons (Fsp3) is 0.407. The fourth-order valence-corrected chi connectivity index (χ4v) is 7.03. The minimum Gasteiger partial charge on any atom is -0.508 e. The van der Waals surface area contributed by atoms with Gasteiger partial charge in [0.25, 0.3) is 0 Å². The van der Waals surface area contributed by atoms with Crippen molar-refractivity contribution in [3.63, 3.8) is 0 Å². The molecule has 5 nitrogen and oxygen atoms in total. The van der Waals surface area contributed by atoms with Crippen molar-refractivity contribution in [1.29, 1.82) is 0 Å². The average molecular weight is 482 g/mol. The highest BCUT2D eigenvalue weighted by atomic mass is 19.4. The molecule has 3 aliphatic carbocycles. The first-order chi connectivity index (χ1) is 16.5. The molecule has 2 saturated carbocycles. The highest BCUT2D eigenvalue weighted by Crippen LogP contribution is 2.72. The van der Waals surface area contributed by atoms with Crippen molar-refractivity contribution < 1.29 is 23.4 Å². The number of rotatable bonds is 3. The first-order valence-corrected chi connectivity index (χ1v) is 11.8. The summed E-state index contributed by atoms with van der Waals surface area (Å²) in [6.45, 7) is 6.64. The summed E-state index contributed by atoms with van der Waals surface area (Å²) in [4.78, 5) is 0. The molecular formula is C27H26F3N3O2. The van der Waals surface area contributed by atoms with Gasteiger partial charge >= 0.3 is 6.18 Å². The average Bonchev–Trinajstić information content (AvgIpc) is 3.43. The highest BCUT2D eigenvalue weighted by molar-refractivity contribution is 5.58. The van der Waals surface area contributed by atoms with E-state index in [1.54, 1.807) is 16.9 Å². The quantitative estimate of drug-likeness (QED) is 0.470. The molecule has 2 fully saturated rings. The monoisotopic (exact) mass is 481 g/mol. The summed E-state index contributed by atoms with van der Waals surface area (Å²) in [5.41, 5.74) is 3.33. The Hall–Kier alpha value is -3.13. The Bertz CT molecular complexity index is 1350. The highest BCUT2D eigenvalue weighted by Gasteiger charge is 2.64. The van der Waals surface area contributed by atoms with Crippen molar-refractivity contribution in [3.8, 4) is 17.0 Å². The van der Waals surface area contributed by atoms with Crippen LogP contribution >= 0.6 is 0 Å². The van der Waals surface area contributed by atoms with E-state index in [1.807, 2.05) is 13.0 Å². The van der Waals surface area contributed by atoms with E-state index in [1.165, 1.54) is 17.7 Å². The Morgan fingerprint density at radius 2 is 1.91 bits per heavy atom. The molecule has 0 unspecified atom stereocenters. The Labute approximate surface area is 200 Å². The number of phenols is 1. The standard InChI is InChI=1S/C27H26F3N3O2/c1-15-11-25-14-26(15,35)10-9-20(25)19-7-8-23(34)16(2)24(19)21(25)12-33-13-22(31-32-33)17-3-5-18(6-4-17)27(28,29)30/h3-8,13,20-21,34-35H,1,9-12,14H2,2H3/t20-,21-,25-,26-/m0/s1. The first kappa shape index (κ1) is 22.3. The number of hydrogen-bond acceptors (Lipinski definition) is 4.